The number of halogens is 2. The van der Waals surface area contributed by atoms with Crippen molar-refractivity contribution in [2.24, 2.45) is 5.92 Å². The molecular weight excluding hydrogens is 286 g/mol. The molecule has 0 aliphatic rings. The van der Waals surface area contributed by atoms with E-state index in [-0.39, 0.29) is 0 Å². The van der Waals surface area contributed by atoms with Crippen LogP contribution in [0.4, 0.5) is 0 Å². The zero-order valence-electron chi connectivity index (χ0n) is 10.1. The van der Waals surface area contributed by atoms with Crippen molar-refractivity contribution in [1.82, 2.24) is 5.32 Å². The summed E-state index contributed by atoms with van der Waals surface area (Å²) in [6.07, 6.45) is 1.20. The van der Waals surface area contributed by atoms with Gasteiger partial charge in [0.2, 0.25) is 0 Å². The molecule has 0 heterocycles. The minimum Gasteiger partial charge on any atom is -0.310 e. The summed E-state index contributed by atoms with van der Waals surface area (Å²) in [5.74, 6) is 0.689. The first-order valence-electron chi connectivity index (χ1n) is 5.72. The molecule has 1 rings (SSSR count). The first-order valence-corrected chi connectivity index (χ1v) is 6.89. The molecule has 0 aromatic heterocycles. The molecule has 3 heteroatoms. The van der Waals surface area contributed by atoms with Crippen LogP contribution in [0.1, 0.15) is 32.8 Å². The van der Waals surface area contributed by atoms with Crippen molar-refractivity contribution in [2.75, 3.05) is 0 Å². The van der Waals surface area contributed by atoms with Gasteiger partial charge in [0, 0.05) is 22.1 Å². The molecular formula is C13H19BrClN. The van der Waals surface area contributed by atoms with E-state index < -0.39 is 0 Å². The third-order valence-electron chi connectivity index (χ3n) is 3.13. The highest BCUT2D eigenvalue weighted by molar-refractivity contribution is 9.10. The second-order valence-electron chi connectivity index (χ2n) is 4.29. The Kier molecular flexibility index (Phi) is 5.81. The summed E-state index contributed by atoms with van der Waals surface area (Å²) < 4.78 is 1.02. The largest absolute Gasteiger partial charge is 0.310 e. The fraction of sp³-hybridized carbons (Fsp3) is 0.538. The van der Waals surface area contributed by atoms with E-state index in [0.29, 0.717) is 12.0 Å². The lowest BCUT2D eigenvalue weighted by Crippen LogP contribution is -2.31. The molecule has 1 nitrogen and oxygen atoms in total. The molecule has 2 atom stereocenters. The van der Waals surface area contributed by atoms with E-state index >= 15 is 0 Å². The van der Waals surface area contributed by atoms with Gasteiger partial charge in [-0.05, 0) is 30.5 Å². The lowest BCUT2D eigenvalue weighted by Gasteiger charge is -2.20. The van der Waals surface area contributed by atoms with Gasteiger partial charge < -0.3 is 5.32 Å². The monoisotopic (exact) mass is 303 g/mol. The fourth-order valence-corrected chi connectivity index (χ4v) is 2.23. The molecule has 0 saturated heterocycles. The summed E-state index contributed by atoms with van der Waals surface area (Å²) >= 11 is 9.56. The van der Waals surface area contributed by atoms with Gasteiger partial charge in [-0.3, -0.25) is 0 Å². The average molecular weight is 305 g/mol. The van der Waals surface area contributed by atoms with Crippen molar-refractivity contribution in [3.63, 3.8) is 0 Å². The molecule has 90 valence electrons. The second kappa shape index (κ2) is 6.63. The van der Waals surface area contributed by atoms with E-state index in [2.05, 4.69) is 48.1 Å². The minimum absolute atomic E-state index is 0.518. The van der Waals surface area contributed by atoms with Crippen LogP contribution >= 0.6 is 27.5 Å². The van der Waals surface area contributed by atoms with Crippen LogP contribution in [0.25, 0.3) is 0 Å². The van der Waals surface area contributed by atoms with Gasteiger partial charge in [-0.2, -0.15) is 0 Å². The van der Waals surface area contributed by atoms with Crippen LogP contribution in [-0.4, -0.2) is 6.04 Å². The Labute approximate surface area is 112 Å². The fourth-order valence-electron chi connectivity index (χ4n) is 1.49. The Balaban J connectivity index is 2.54. The van der Waals surface area contributed by atoms with Crippen LogP contribution in [0.5, 0.6) is 0 Å². The van der Waals surface area contributed by atoms with Crippen molar-refractivity contribution >= 4 is 27.5 Å². The topological polar surface area (TPSA) is 12.0 Å². The van der Waals surface area contributed by atoms with Gasteiger partial charge in [-0.1, -0.05) is 53.9 Å². The molecule has 1 aromatic carbocycles. The van der Waals surface area contributed by atoms with Crippen LogP contribution in [0, 0.1) is 5.92 Å². The average Bonchev–Trinajstić information content (AvgIpc) is 2.26. The molecule has 0 spiro atoms. The molecule has 0 fully saturated rings. The van der Waals surface area contributed by atoms with E-state index in [9.17, 15) is 0 Å². The Morgan fingerprint density at radius 1 is 1.38 bits per heavy atom. The standard InChI is InChI=1S/C13H19BrClN/c1-4-9(2)10(3)16-8-11-5-6-12(14)7-13(11)15/h5-7,9-10,16H,4,8H2,1-3H3. The summed E-state index contributed by atoms with van der Waals surface area (Å²) in [5.41, 5.74) is 1.15. The number of benzene rings is 1. The SMILES string of the molecule is CCC(C)C(C)NCc1ccc(Br)cc1Cl. The second-order valence-corrected chi connectivity index (χ2v) is 5.61. The van der Waals surface area contributed by atoms with Gasteiger partial charge in [0.1, 0.15) is 0 Å². The minimum atomic E-state index is 0.518. The number of rotatable bonds is 5. The molecule has 0 aliphatic carbocycles. The summed E-state index contributed by atoms with van der Waals surface area (Å²) in [4.78, 5) is 0. The zero-order chi connectivity index (χ0) is 12.1. The van der Waals surface area contributed by atoms with Gasteiger partial charge in [-0.15, -0.1) is 0 Å². The normalized spacial score (nSPS) is 14.8. The van der Waals surface area contributed by atoms with E-state index in [1.165, 1.54) is 6.42 Å². The number of nitrogens with one attached hydrogen (secondary N) is 1. The van der Waals surface area contributed by atoms with Crippen LogP contribution in [0.2, 0.25) is 5.02 Å². The summed E-state index contributed by atoms with van der Waals surface area (Å²) in [6, 6.07) is 6.54. The molecule has 0 aliphatic heterocycles. The summed E-state index contributed by atoms with van der Waals surface area (Å²) in [7, 11) is 0. The molecule has 16 heavy (non-hydrogen) atoms. The van der Waals surface area contributed by atoms with Gasteiger partial charge >= 0.3 is 0 Å². The highest BCUT2D eigenvalue weighted by atomic mass is 79.9. The van der Waals surface area contributed by atoms with Crippen molar-refractivity contribution < 1.29 is 0 Å². The number of hydrogen-bond acceptors (Lipinski definition) is 1. The smallest absolute Gasteiger partial charge is 0.0462 e. The van der Waals surface area contributed by atoms with E-state index in [1.54, 1.807) is 0 Å². The van der Waals surface area contributed by atoms with Crippen molar-refractivity contribution in [3.8, 4) is 0 Å². The molecule has 0 saturated carbocycles. The quantitative estimate of drug-likeness (QED) is 0.836. The molecule has 0 amide bonds. The van der Waals surface area contributed by atoms with E-state index in [4.69, 9.17) is 11.6 Å². The zero-order valence-corrected chi connectivity index (χ0v) is 12.4. The summed E-state index contributed by atoms with van der Waals surface area (Å²) in [6.45, 7) is 7.54. The van der Waals surface area contributed by atoms with Crippen molar-refractivity contribution in [1.29, 1.82) is 0 Å². The van der Waals surface area contributed by atoms with Crippen LogP contribution in [0.15, 0.2) is 22.7 Å². The first kappa shape index (κ1) is 14.0. The molecule has 2 unspecified atom stereocenters. The Morgan fingerprint density at radius 2 is 2.06 bits per heavy atom. The lowest BCUT2D eigenvalue weighted by atomic mass is 10.0. The first-order chi connectivity index (χ1) is 7.54. The maximum atomic E-state index is 6.16. The third-order valence-corrected chi connectivity index (χ3v) is 3.97. The van der Waals surface area contributed by atoms with Crippen LogP contribution < -0.4 is 5.32 Å². The van der Waals surface area contributed by atoms with Gasteiger partial charge in [0.05, 0.1) is 0 Å². The van der Waals surface area contributed by atoms with Gasteiger partial charge in [0.15, 0.2) is 0 Å². The Hall–Kier alpha value is -0.0500. The lowest BCUT2D eigenvalue weighted by molar-refractivity contribution is 0.389. The van der Waals surface area contributed by atoms with Gasteiger partial charge in [0.25, 0.3) is 0 Å². The maximum Gasteiger partial charge on any atom is 0.0462 e. The van der Waals surface area contributed by atoms with Crippen molar-refractivity contribution in [2.45, 2.75) is 39.8 Å². The predicted molar refractivity (Wildman–Crippen MR) is 74.9 cm³/mol. The van der Waals surface area contributed by atoms with E-state index in [1.807, 2.05) is 12.1 Å². The van der Waals surface area contributed by atoms with Gasteiger partial charge in [-0.25, -0.2) is 0 Å². The Bertz CT molecular complexity index is 341. The highest BCUT2D eigenvalue weighted by Crippen LogP contribution is 2.21. The maximum absolute atomic E-state index is 6.16. The molecule has 1 N–H and O–H groups in total. The highest BCUT2D eigenvalue weighted by Gasteiger charge is 2.10. The summed E-state index contributed by atoms with van der Waals surface area (Å²) in [5, 5.41) is 4.33. The predicted octanol–water partition coefficient (Wildman–Crippen LogP) is 4.63. The van der Waals surface area contributed by atoms with Crippen molar-refractivity contribution in [3.05, 3.63) is 33.3 Å². The number of hydrogen-bond donors (Lipinski definition) is 1. The van der Waals surface area contributed by atoms with Crippen LogP contribution in [0.3, 0.4) is 0 Å². The Morgan fingerprint density at radius 3 is 2.62 bits per heavy atom. The third kappa shape index (κ3) is 4.08. The molecule has 0 radical (unpaired) electrons. The van der Waals surface area contributed by atoms with E-state index in [0.717, 1.165) is 21.6 Å². The molecule has 1 aromatic rings. The molecule has 0 bridgehead atoms. The van der Waals surface area contributed by atoms with Crippen LogP contribution in [-0.2, 0) is 6.54 Å².